The average molecular weight is 357 g/mol. The number of rotatable bonds is 7. The third-order valence-electron chi connectivity index (χ3n) is 4.10. The lowest BCUT2D eigenvalue weighted by atomic mass is 10.2. The van der Waals surface area contributed by atoms with Crippen molar-refractivity contribution in [3.05, 3.63) is 71.7 Å². The zero-order valence-corrected chi connectivity index (χ0v) is 14.7. The molecule has 0 N–H and O–H groups in total. The van der Waals surface area contributed by atoms with Crippen molar-refractivity contribution in [2.24, 2.45) is 0 Å². The summed E-state index contributed by atoms with van der Waals surface area (Å²) >= 11 is 0. The van der Waals surface area contributed by atoms with Crippen LogP contribution in [0.3, 0.4) is 0 Å². The molecule has 1 amide bonds. The second-order valence-electron chi connectivity index (χ2n) is 5.81. The Hall–Kier alpha value is -2.93. The highest BCUT2D eigenvalue weighted by Gasteiger charge is 2.22. The lowest BCUT2D eigenvalue weighted by Gasteiger charge is -2.21. The molecule has 0 spiro atoms. The number of amides is 1. The van der Waals surface area contributed by atoms with Gasteiger partial charge in [-0.05, 0) is 31.2 Å². The Kier molecular flexibility index (Phi) is 5.48. The van der Waals surface area contributed by atoms with Gasteiger partial charge in [0.15, 0.2) is 0 Å². The Morgan fingerprint density at radius 1 is 1.31 bits per heavy atom. The summed E-state index contributed by atoms with van der Waals surface area (Å²) in [5, 5.41) is 4.20. The summed E-state index contributed by atoms with van der Waals surface area (Å²) < 4.78 is 25.9. The number of benzene rings is 1. The fourth-order valence-electron chi connectivity index (χ4n) is 2.70. The van der Waals surface area contributed by atoms with Gasteiger partial charge in [-0.2, -0.15) is 5.10 Å². The molecule has 1 aromatic carbocycles. The first-order valence-corrected chi connectivity index (χ1v) is 8.22. The largest absolute Gasteiger partial charge is 0.467 e. The first-order chi connectivity index (χ1) is 12.6. The highest BCUT2D eigenvalue weighted by atomic mass is 19.1. The van der Waals surface area contributed by atoms with Crippen LogP contribution >= 0.6 is 0 Å². The third kappa shape index (κ3) is 3.67. The lowest BCUT2D eigenvalue weighted by Crippen LogP contribution is -2.33. The molecule has 0 radical (unpaired) electrons. The van der Waals surface area contributed by atoms with E-state index in [4.69, 9.17) is 9.15 Å². The summed E-state index contributed by atoms with van der Waals surface area (Å²) in [6.45, 7) is 2.86. The molecule has 3 aromatic rings. The predicted molar refractivity (Wildman–Crippen MR) is 93.6 cm³/mol. The number of aromatic nitrogens is 2. The smallest absolute Gasteiger partial charge is 0.257 e. The van der Waals surface area contributed by atoms with E-state index in [0.29, 0.717) is 42.4 Å². The molecule has 0 saturated heterocycles. The van der Waals surface area contributed by atoms with Gasteiger partial charge in [-0.25, -0.2) is 9.07 Å². The van der Waals surface area contributed by atoms with Gasteiger partial charge in [-0.15, -0.1) is 0 Å². The van der Waals surface area contributed by atoms with Crippen LogP contribution in [0.1, 0.15) is 21.8 Å². The Bertz CT molecular complexity index is 874. The Morgan fingerprint density at radius 2 is 2.12 bits per heavy atom. The van der Waals surface area contributed by atoms with Gasteiger partial charge < -0.3 is 14.1 Å². The van der Waals surface area contributed by atoms with E-state index in [9.17, 15) is 9.18 Å². The van der Waals surface area contributed by atoms with Crippen LogP contribution in [0.15, 0.2) is 53.3 Å². The maximum absolute atomic E-state index is 14.1. The first-order valence-electron chi connectivity index (χ1n) is 8.22. The maximum atomic E-state index is 14.1. The molecule has 2 aromatic heterocycles. The zero-order valence-electron chi connectivity index (χ0n) is 14.7. The molecule has 0 saturated carbocycles. The molecular formula is C19H20FN3O3. The molecule has 26 heavy (non-hydrogen) atoms. The Labute approximate surface area is 150 Å². The number of para-hydroxylation sites is 1. The van der Waals surface area contributed by atoms with Crippen molar-refractivity contribution in [2.45, 2.75) is 13.5 Å². The molecule has 0 unspecified atom stereocenters. The fraction of sp³-hybridized carbons (Fsp3) is 0.263. The molecule has 0 fully saturated rings. The molecule has 0 aliphatic rings. The number of hydrogen-bond acceptors (Lipinski definition) is 4. The van der Waals surface area contributed by atoms with E-state index in [2.05, 4.69) is 5.10 Å². The highest BCUT2D eigenvalue weighted by molar-refractivity contribution is 5.95. The van der Waals surface area contributed by atoms with E-state index in [-0.39, 0.29) is 5.91 Å². The van der Waals surface area contributed by atoms with Crippen LogP contribution in [0.4, 0.5) is 4.39 Å². The summed E-state index contributed by atoms with van der Waals surface area (Å²) in [5.41, 5.74) is 1.29. The summed E-state index contributed by atoms with van der Waals surface area (Å²) in [6, 6.07) is 9.90. The predicted octanol–water partition coefficient (Wildman–Crippen LogP) is 3.20. The molecule has 136 valence electrons. The molecule has 6 nitrogen and oxygen atoms in total. The van der Waals surface area contributed by atoms with Gasteiger partial charge in [0.1, 0.15) is 17.3 Å². The van der Waals surface area contributed by atoms with Crippen LogP contribution in [0, 0.1) is 12.7 Å². The van der Waals surface area contributed by atoms with Crippen LogP contribution in [0.2, 0.25) is 0 Å². The van der Waals surface area contributed by atoms with Gasteiger partial charge in [-0.3, -0.25) is 4.79 Å². The van der Waals surface area contributed by atoms with E-state index in [1.165, 1.54) is 16.9 Å². The average Bonchev–Trinajstić information content (AvgIpc) is 3.28. The fourth-order valence-corrected chi connectivity index (χ4v) is 2.70. The molecular weight excluding hydrogens is 337 g/mol. The number of carbonyl (C=O) groups excluding carboxylic acids is 1. The summed E-state index contributed by atoms with van der Waals surface area (Å²) in [7, 11) is 1.58. The van der Waals surface area contributed by atoms with Gasteiger partial charge in [0.05, 0.1) is 36.9 Å². The number of furan rings is 1. The van der Waals surface area contributed by atoms with E-state index in [1.807, 2.05) is 6.07 Å². The van der Waals surface area contributed by atoms with Crippen molar-refractivity contribution in [3.8, 4) is 5.69 Å². The first kappa shape index (κ1) is 17.9. The maximum Gasteiger partial charge on any atom is 0.257 e. The van der Waals surface area contributed by atoms with Crippen LogP contribution < -0.4 is 0 Å². The van der Waals surface area contributed by atoms with Crippen LogP contribution in [0.5, 0.6) is 0 Å². The number of ether oxygens (including phenoxy) is 1. The van der Waals surface area contributed by atoms with E-state index in [0.717, 1.165) is 0 Å². The van der Waals surface area contributed by atoms with Crippen molar-refractivity contribution in [3.63, 3.8) is 0 Å². The SMILES string of the molecule is COCCN(Cc1ccco1)C(=O)c1cnn(-c2ccccc2F)c1C. The molecule has 7 heteroatoms. The summed E-state index contributed by atoms with van der Waals surface area (Å²) in [6.07, 6.45) is 3.03. The monoisotopic (exact) mass is 357 g/mol. The number of carbonyl (C=O) groups is 1. The van der Waals surface area contributed by atoms with E-state index >= 15 is 0 Å². The molecule has 2 heterocycles. The van der Waals surface area contributed by atoms with Crippen molar-refractivity contribution >= 4 is 5.91 Å². The van der Waals surface area contributed by atoms with Crippen LogP contribution in [-0.2, 0) is 11.3 Å². The quantitative estimate of drug-likeness (QED) is 0.651. The van der Waals surface area contributed by atoms with Gasteiger partial charge in [0, 0.05) is 13.7 Å². The topological polar surface area (TPSA) is 60.5 Å². The third-order valence-corrected chi connectivity index (χ3v) is 4.10. The van der Waals surface area contributed by atoms with E-state index in [1.54, 1.807) is 49.5 Å². The molecule has 0 bridgehead atoms. The van der Waals surface area contributed by atoms with Gasteiger partial charge in [0.25, 0.3) is 5.91 Å². The van der Waals surface area contributed by atoms with Gasteiger partial charge in [0.2, 0.25) is 0 Å². The number of hydrogen-bond donors (Lipinski definition) is 0. The van der Waals surface area contributed by atoms with Crippen molar-refractivity contribution in [1.82, 2.24) is 14.7 Å². The second-order valence-corrected chi connectivity index (χ2v) is 5.81. The summed E-state index contributed by atoms with van der Waals surface area (Å²) in [5.74, 6) is 0.0664. The normalized spacial score (nSPS) is 10.9. The lowest BCUT2D eigenvalue weighted by molar-refractivity contribution is 0.0665. The van der Waals surface area contributed by atoms with Gasteiger partial charge >= 0.3 is 0 Å². The molecule has 0 aliphatic heterocycles. The molecule has 0 atom stereocenters. The highest BCUT2D eigenvalue weighted by Crippen LogP contribution is 2.19. The summed E-state index contributed by atoms with van der Waals surface area (Å²) in [4.78, 5) is 14.6. The minimum atomic E-state index is -0.399. The number of halogens is 1. The molecule has 0 aliphatic carbocycles. The second kappa shape index (κ2) is 7.97. The van der Waals surface area contributed by atoms with Crippen molar-refractivity contribution < 1.29 is 18.3 Å². The van der Waals surface area contributed by atoms with Crippen molar-refractivity contribution in [1.29, 1.82) is 0 Å². The minimum Gasteiger partial charge on any atom is -0.467 e. The van der Waals surface area contributed by atoms with Crippen molar-refractivity contribution in [2.75, 3.05) is 20.3 Å². The Balaban J connectivity index is 1.88. The Morgan fingerprint density at radius 3 is 2.81 bits per heavy atom. The number of methoxy groups -OCH3 is 1. The van der Waals surface area contributed by atoms with E-state index < -0.39 is 5.82 Å². The molecule has 3 rings (SSSR count). The van der Waals surface area contributed by atoms with Gasteiger partial charge in [-0.1, -0.05) is 12.1 Å². The standard InChI is InChI=1S/C19H20FN3O3/c1-14-16(12-21-23(14)18-8-4-3-7-17(18)20)19(24)22(9-11-25-2)13-15-6-5-10-26-15/h3-8,10,12H,9,11,13H2,1-2H3. The van der Waals surface area contributed by atoms with Crippen LogP contribution in [0.25, 0.3) is 5.69 Å². The number of nitrogens with zero attached hydrogens (tertiary/aromatic N) is 3. The van der Waals surface area contributed by atoms with Crippen LogP contribution in [-0.4, -0.2) is 40.8 Å². The minimum absolute atomic E-state index is 0.210. The zero-order chi connectivity index (χ0) is 18.5.